The molecule has 1 saturated heterocycles. The Kier molecular flexibility index (Phi) is 5.41. The number of methoxy groups -OCH3 is 1. The maximum Gasteiger partial charge on any atom is 0.325 e. The van der Waals surface area contributed by atoms with Crippen LogP contribution in [0.15, 0.2) is 0 Å². The molecular weight excluding hydrogens is 206 g/mol. The number of hydrogen-bond acceptors (Lipinski definition) is 4. The van der Waals surface area contributed by atoms with Crippen molar-refractivity contribution in [3.63, 3.8) is 0 Å². The van der Waals surface area contributed by atoms with Gasteiger partial charge in [0, 0.05) is 13.2 Å². The number of esters is 1. The van der Waals surface area contributed by atoms with E-state index in [1.807, 2.05) is 0 Å². The van der Waals surface area contributed by atoms with Gasteiger partial charge in [-0.25, -0.2) is 0 Å². The number of ether oxygens (including phenoxy) is 2. The predicted octanol–water partition coefficient (Wildman–Crippen LogP) is 0.725. The zero-order valence-corrected chi connectivity index (χ0v) is 9.43. The molecule has 84 valence electrons. The summed E-state index contributed by atoms with van der Waals surface area (Å²) >= 11 is 0. The van der Waals surface area contributed by atoms with Gasteiger partial charge in [0.15, 0.2) is 0 Å². The van der Waals surface area contributed by atoms with Gasteiger partial charge in [-0.2, -0.15) is 0 Å². The second-order valence-electron chi connectivity index (χ2n) is 3.66. The summed E-state index contributed by atoms with van der Waals surface area (Å²) < 4.78 is 9.86. The highest BCUT2D eigenvalue weighted by atomic mass is 35.5. The van der Waals surface area contributed by atoms with Crippen molar-refractivity contribution in [2.45, 2.75) is 25.3 Å². The number of carbonyl (C=O) groups excluding carboxylic acids is 1. The highest BCUT2D eigenvalue weighted by Crippen LogP contribution is 2.26. The van der Waals surface area contributed by atoms with Gasteiger partial charge in [0.25, 0.3) is 0 Å². The maximum atomic E-state index is 11.3. The SMILES string of the molecule is COC(=O)C(C)(N)C1CCOCC1.Cl. The molecule has 2 N–H and O–H groups in total. The van der Waals surface area contributed by atoms with Gasteiger partial charge in [-0.05, 0) is 25.7 Å². The van der Waals surface area contributed by atoms with Crippen LogP contribution in [0, 0.1) is 5.92 Å². The van der Waals surface area contributed by atoms with Crippen molar-refractivity contribution in [1.29, 1.82) is 0 Å². The van der Waals surface area contributed by atoms with Crippen molar-refractivity contribution in [3.05, 3.63) is 0 Å². The number of halogens is 1. The van der Waals surface area contributed by atoms with Crippen LogP contribution in [0.4, 0.5) is 0 Å². The van der Waals surface area contributed by atoms with Crippen LogP contribution in [0.2, 0.25) is 0 Å². The Morgan fingerprint density at radius 2 is 2.00 bits per heavy atom. The van der Waals surface area contributed by atoms with Crippen LogP contribution in [0.1, 0.15) is 19.8 Å². The first-order valence-corrected chi connectivity index (χ1v) is 4.54. The molecule has 1 heterocycles. The molecule has 0 aromatic carbocycles. The van der Waals surface area contributed by atoms with E-state index in [1.54, 1.807) is 6.92 Å². The van der Waals surface area contributed by atoms with Crippen molar-refractivity contribution in [3.8, 4) is 0 Å². The van der Waals surface area contributed by atoms with Crippen molar-refractivity contribution in [1.82, 2.24) is 0 Å². The summed E-state index contributed by atoms with van der Waals surface area (Å²) in [6.45, 7) is 3.11. The first-order valence-electron chi connectivity index (χ1n) is 4.54. The van der Waals surface area contributed by atoms with Crippen LogP contribution in [0.3, 0.4) is 0 Å². The summed E-state index contributed by atoms with van der Waals surface area (Å²) in [4.78, 5) is 11.3. The van der Waals surface area contributed by atoms with E-state index in [0.717, 1.165) is 12.8 Å². The Morgan fingerprint density at radius 3 is 2.43 bits per heavy atom. The number of hydrogen-bond donors (Lipinski definition) is 1. The van der Waals surface area contributed by atoms with E-state index in [4.69, 9.17) is 10.5 Å². The molecule has 5 heteroatoms. The summed E-state index contributed by atoms with van der Waals surface area (Å²) in [5.74, 6) is -0.159. The van der Waals surface area contributed by atoms with Gasteiger partial charge in [-0.15, -0.1) is 12.4 Å². The molecule has 1 unspecified atom stereocenters. The summed E-state index contributed by atoms with van der Waals surface area (Å²) in [5, 5.41) is 0. The molecule has 0 aromatic heterocycles. The highest BCUT2D eigenvalue weighted by molar-refractivity contribution is 5.85. The topological polar surface area (TPSA) is 61.5 Å². The van der Waals surface area contributed by atoms with Gasteiger partial charge in [0.1, 0.15) is 5.54 Å². The van der Waals surface area contributed by atoms with Crippen molar-refractivity contribution < 1.29 is 14.3 Å². The third-order valence-corrected chi connectivity index (χ3v) is 2.69. The van der Waals surface area contributed by atoms with E-state index in [2.05, 4.69) is 4.74 Å². The fourth-order valence-electron chi connectivity index (χ4n) is 1.68. The summed E-state index contributed by atoms with van der Waals surface area (Å²) in [6.07, 6.45) is 1.67. The lowest BCUT2D eigenvalue weighted by Crippen LogP contribution is -2.53. The molecule has 4 nitrogen and oxygen atoms in total. The number of rotatable bonds is 2. The van der Waals surface area contributed by atoms with Gasteiger partial charge in [-0.1, -0.05) is 0 Å². The monoisotopic (exact) mass is 223 g/mol. The molecule has 1 aliphatic rings. The maximum absolute atomic E-state index is 11.3. The fraction of sp³-hybridized carbons (Fsp3) is 0.889. The Morgan fingerprint density at radius 1 is 1.50 bits per heavy atom. The Hall–Kier alpha value is -0.320. The van der Waals surface area contributed by atoms with E-state index in [-0.39, 0.29) is 24.3 Å². The molecule has 0 radical (unpaired) electrons. The molecular formula is C9H18ClNO3. The normalized spacial score (nSPS) is 21.9. The van der Waals surface area contributed by atoms with Gasteiger partial charge in [-0.3, -0.25) is 4.79 Å². The minimum atomic E-state index is -0.863. The minimum absolute atomic E-state index is 0. The third kappa shape index (κ3) is 2.83. The lowest BCUT2D eigenvalue weighted by molar-refractivity contribution is -0.150. The first kappa shape index (κ1) is 13.7. The molecule has 1 aliphatic heterocycles. The van der Waals surface area contributed by atoms with Crippen LogP contribution < -0.4 is 5.73 Å². The molecule has 14 heavy (non-hydrogen) atoms. The Balaban J connectivity index is 0.00000169. The van der Waals surface area contributed by atoms with E-state index < -0.39 is 5.54 Å². The lowest BCUT2D eigenvalue weighted by Gasteiger charge is -2.33. The van der Waals surface area contributed by atoms with Crippen molar-refractivity contribution in [2.75, 3.05) is 20.3 Å². The molecule has 0 spiro atoms. The zero-order chi connectivity index (χ0) is 9.90. The summed E-state index contributed by atoms with van der Waals surface area (Å²) in [6, 6.07) is 0. The molecule has 0 aromatic rings. The summed E-state index contributed by atoms with van der Waals surface area (Å²) in [7, 11) is 1.37. The quantitative estimate of drug-likeness (QED) is 0.701. The van der Waals surface area contributed by atoms with Crippen molar-refractivity contribution >= 4 is 18.4 Å². The second-order valence-corrected chi connectivity index (χ2v) is 3.66. The molecule has 1 atom stereocenters. The first-order chi connectivity index (χ1) is 6.09. The zero-order valence-electron chi connectivity index (χ0n) is 8.62. The number of carbonyl (C=O) groups is 1. The molecule has 0 saturated carbocycles. The van der Waals surface area contributed by atoms with Gasteiger partial charge < -0.3 is 15.2 Å². The molecule has 0 aliphatic carbocycles. The van der Waals surface area contributed by atoms with E-state index in [0.29, 0.717) is 13.2 Å². The number of nitrogens with two attached hydrogens (primary N) is 1. The molecule has 1 fully saturated rings. The Bertz CT molecular complexity index is 190. The third-order valence-electron chi connectivity index (χ3n) is 2.69. The van der Waals surface area contributed by atoms with Crippen LogP contribution in [-0.4, -0.2) is 31.8 Å². The van der Waals surface area contributed by atoms with Crippen LogP contribution in [0.5, 0.6) is 0 Å². The van der Waals surface area contributed by atoms with Gasteiger partial charge >= 0.3 is 5.97 Å². The second kappa shape index (κ2) is 5.53. The van der Waals surface area contributed by atoms with Crippen LogP contribution >= 0.6 is 12.4 Å². The largest absolute Gasteiger partial charge is 0.468 e. The van der Waals surface area contributed by atoms with Crippen LogP contribution in [-0.2, 0) is 14.3 Å². The van der Waals surface area contributed by atoms with E-state index >= 15 is 0 Å². The smallest absolute Gasteiger partial charge is 0.325 e. The standard InChI is InChI=1S/C9H17NO3.ClH/c1-9(10,8(11)12-2)7-3-5-13-6-4-7;/h7H,3-6,10H2,1-2H3;1H. The van der Waals surface area contributed by atoms with Gasteiger partial charge in [0.2, 0.25) is 0 Å². The highest BCUT2D eigenvalue weighted by Gasteiger charge is 2.39. The van der Waals surface area contributed by atoms with Crippen LogP contribution in [0.25, 0.3) is 0 Å². The predicted molar refractivity (Wildman–Crippen MR) is 55.4 cm³/mol. The summed E-state index contributed by atoms with van der Waals surface area (Å²) in [5.41, 5.74) is 5.05. The molecule has 1 rings (SSSR count). The lowest BCUT2D eigenvalue weighted by atomic mass is 9.81. The minimum Gasteiger partial charge on any atom is -0.468 e. The average molecular weight is 224 g/mol. The fourth-order valence-corrected chi connectivity index (χ4v) is 1.68. The average Bonchev–Trinajstić information content (AvgIpc) is 2.18. The molecule has 0 amide bonds. The molecule has 0 bridgehead atoms. The van der Waals surface area contributed by atoms with Crippen molar-refractivity contribution in [2.24, 2.45) is 11.7 Å². The van der Waals surface area contributed by atoms with E-state index in [1.165, 1.54) is 7.11 Å². The van der Waals surface area contributed by atoms with Gasteiger partial charge in [0.05, 0.1) is 7.11 Å². The van der Waals surface area contributed by atoms with E-state index in [9.17, 15) is 4.79 Å². The Labute approximate surface area is 90.5 Å².